The summed E-state index contributed by atoms with van der Waals surface area (Å²) in [6.07, 6.45) is 1.48. The number of aromatic amines is 1. The zero-order valence-corrected chi connectivity index (χ0v) is 13.4. The number of aryl methyl sites for hydroxylation is 1. The van der Waals surface area contributed by atoms with E-state index in [2.05, 4.69) is 25.9 Å². The van der Waals surface area contributed by atoms with Crippen molar-refractivity contribution in [2.75, 3.05) is 0 Å². The molecule has 2 aromatic rings. The van der Waals surface area contributed by atoms with Gasteiger partial charge in [-0.1, -0.05) is 18.5 Å². The van der Waals surface area contributed by atoms with E-state index in [4.69, 9.17) is 11.6 Å². The van der Waals surface area contributed by atoms with Crippen molar-refractivity contribution in [2.45, 2.75) is 26.7 Å². The van der Waals surface area contributed by atoms with Gasteiger partial charge in [-0.15, -0.1) is 0 Å². The van der Waals surface area contributed by atoms with Gasteiger partial charge < -0.3 is 4.98 Å². The second kappa shape index (κ2) is 6.06. The molecular weight excluding hydrogens is 347 g/mol. The molecule has 0 unspecified atom stereocenters. The van der Waals surface area contributed by atoms with Gasteiger partial charge in [0, 0.05) is 22.0 Å². The van der Waals surface area contributed by atoms with Crippen LogP contribution in [0.5, 0.6) is 0 Å². The minimum Gasteiger partial charge on any atom is -0.310 e. The summed E-state index contributed by atoms with van der Waals surface area (Å²) in [5, 5.41) is -0.0129. The van der Waals surface area contributed by atoms with E-state index in [1.165, 1.54) is 0 Å². The van der Waals surface area contributed by atoms with Gasteiger partial charge in [-0.25, -0.2) is 9.37 Å². The van der Waals surface area contributed by atoms with E-state index in [0.717, 1.165) is 6.42 Å². The smallest absolute Gasteiger partial charge is 0.254 e. The molecule has 0 atom stereocenters. The van der Waals surface area contributed by atoms with E-state index >= 15 is 0 Å². The van der Waals surface area contributed by atoms with E-state index in [1.807, 2.05) is 6.92 Å². The van der Waals surface area contributed by atoms with Crippen molar-refractivity contribution in [3.05, 3.63) is 49.2 Å². The number of aromatic nitrogens is 2. The van der Waals surface area contributed by atoms with Crippen molar-refractivity contribution in [1.82, 2.24) is 9.97 Å². The van der Waals surface area contributed by atoms with Gasteiger partial charge in [0.05, 0.1) is 10.7 Å². The molecule has 0 saturated heterocycles. The van der Waals surface area contributed by atoms with Crippen molar-refractivity contribution >= 4 is 27.5 Å². The Balaban J connectivity index is 2.69. The summed E-state index contributed by atoms with van der Waals surface area (Å²) in [5.41, 5.74) is 0.697. The van der Waals surface area contributed by atoms with Crippen LogP contribution in [0.4, 0.5) is 4.39 Å². The van der Waals surface area contributed by atoms with E-state index in [9.17, 15) is 9.18 Å². The number of rotatable bonds is 3. The number of halogens is 3. The standard InChI is InChI=1S/C14H13BrClFN2O/c1-3-4-10-18-13(7(2)14(20)19-10)8-5-6-9(15)11(16)12(8)17/h5-6H,3-4H2,1-2H3,(H,18,19,20). The summed E-state index contributed by atoms with van der Waals surface area (Å²) in [7, 11) is 0. The first kappa shape index (κ1) is 15.2. The average molecular weight is 360 g/mol. The minimum atomic E-state index is -0.579. The van der Waals surface area contributed by atoms with Crippen molar-refractivity contribution in [1.29, 1.82) is 0 Å². The Morgan fingerprint density at radius 2 is 2.15 bits per heavy atom. The van der Waals surface area contributed by atoms with Crippen LogP contribution in [0.1, 0.15) is 24.7 Å². The lowest BCUT2D eigenvalue weighted by atomic mass is 10.1. The molecule has 0 aliphatic rings. The average Bonchev–Trinajstić information content (AvgIpc) is 2.41. The Bertz CT molecular complexity index is 715. The second-order valence-electron chi connectivity index (χ2n) is 4.46. The zero-order chi connectivity index (χ0) is 14.9. The van der Waals surface area contributed by atoms with Crippen LogP contribution in [0.2, 0.25) is 5.02 Å². The lowest BCUT2D eigenvalue weighted by Gasteiger charge is -2.10. The topological polar surface area (TPSA) is 45.8 Å². The third kappa shape index (κ3) is 2.79. The maximum Gasteiger partial charge on any atom is 0.254 e. The fourth-order valence-corrected chi connectivity index (χ4v) is 2.38. The maximum atomic E-state index is 14.3. The predicted molar refractivity (Wildman–Crippen MR) is 81.7 cm³/mol. The fraction of sp³-hybridized carbons (Fsp3) is 0.286. The number of hydrogen-bond acceptors (Lipinski definition) is 2. The molecule has 0 bridgehead atoms. The largest absolute Gasteiger partial charge is 0.310 e. The number of benzene rings is 1. The van der Waals surface area contributed by atoms with Gasteiger partial charge in [0.2, 0.25) is 0 Å². The Morgan fingerprint density at radius 3 is 2.80 bits per heavy atom. The van der Waals surface area contributed by atoms with Gasteiger partial charge in [0.1, 0.15) is 5.82 Å². The summed E-state index contributed by atoms with van der Waals surface area (Å²) in [6, 6.07) is 3.21. The highest BCUT2D eigenvalue weighted by atomic mass is 79.9. The highest BCUT2D eigenvalue weighted by Gasteiger charge is 2.17. The molecule has 6 heteroatoms. The van der Waals surface area contributed by atoms with Gasteiger partial charge in [-0.3, -0.25) is 4.79 Å². The van der Waals surface area contributed by atoms with Crippen LogP contribution in [-0.2, 0) is 6.42 Å². The highest BCUT2D eigenvalue weighted by molar-refractivity contribution is 9.10. The van der Waals surface area contributed by atoms with Crippen molar-refractivity contribution in [3.63, 3.8) is 0 Å². The van der Waals surface area contributed by atoms with Crippen molar-refractivity contribution in [2.24, 2.45) is 0 Å². The molecule has 20 heavy (non-hydrogen) atoms. The van der Waals surface area contributed by atoms with Gasteiger partial charge >= 0.3 is 0 Å². The summed E-state index contributed by atoms with van der Waals surface area (Å²) in [6.45, 7) is 3.60. The monoisotopic (exact) mass is 358 g/mol. The van der Waals surface area contributed by atoms with E-state index < -0.39 is 5.82 Å². The number of hydrogen-bond donors (Lipinski definition) is 1. The van der Waals surface area contributed by atoms with Crippen molar-refractivity contribution in [3.8, 4) is 11.3 Å². The molecule has 3 nitrogen and oxygen atoms in total. The Hall–Kier alpha value is -1.20. The molecule has 1 heterocycles. The molecule has 0 spiro atoms. The zero-order valence-electron chi connectivity index (χ0n) is 11.1. The van der Waals surface area contributed by atoms with E-state index in [-0.39, 0.29) is 16.1 Å². The first-order valence-electron chi connectivity index (χ1n) is 6.19. The number of H-pyrrole nitrogens is 1. The first-order chi connectivity index (χ1) is 9.45. The highest BCUT2D eigenvalue weighted by Crippen LogP contribution is 2.32. The third-order valence-electron chi connectivity index (χ3n) is 2.98. The van der Waals surface area contributed by atoms with Gasteiger partial charge in [0.25, 0.3) is 5.56 Å². The van der Waals surface area contributed by atoms with Gasteiger partial charge in [0.15, 0.2) is 5.82 Å². The van der Waals surface area contributed by atoms with Crippen LogP contribution in [0.25, 0.3) is 11.3 Å². The molecule has 106 valence electrons. The lowest BCUT2D eigenvalue weighted by Crippen LogP contribution is -2.16. The molecule has 1 aromatic carbocycles. The molecule has 1 N–H and O–H groups in total. The molecule has 0 aliphatic carbocycles. The minimum absolute atomic E-state index is 0.0129. The summed E-state index contributed by atoms with van der Waals surface area (Å²) < 4.78 is 14.7. The quantitative estimate of drug-likeness (QED) is 0.833. The Labute approximate surface area is 129 Å². The van der Waals surface area contributed by atoms with Crippen LogP contribution < -0.4 is 5.56 Å². The number of nitrogens with zero attached hydrogens (tertiary/aromatic N) is 1. The molecule has 1 aromatic heterocycles. The molecule has 0 amide bonds. The van der Waals surface area contributed by atoms with E-state index in [1.54, 1.807) is 19.1 Å². The lowest BCUT2D eigenvalue weighted by molar-refractivity contribution is 0.629. The molecule has 2 rings (SSSR count). The Kier molecular flexibility index (Phi) is 4.60. The normalized spacial score (nSPS) is 10.8. The van der Waals surface area contributed by atoms with Crippen LogP contribution in [0, 0.1) is 12.7 Å². The van der Waals surface area contributed by atoms with Gasteiger partial charge in [-0.2, -0.15) is 0 Å². The first-order valence-corrected chi connectivity index (χ1v) is 7.36. The van der Waals surface area contributed by atoms with Crippen molar-refractivity contribution < 1.29 is 4.39 Å². The van der Waals surface area contributed by atoms with Crippen LogP contribution in [0.3, 0.4) is 0 Å². The van der Waals surface area contributed by atoms with Crippen LogP contribution >= 0.6 is 27.5 Å². The molecule has 0 saturated carbocycles. The summed E-state index contributed by atoms with van der Waals surface area (Å²) in [4.78, 5) is 19.0. The maximum absolute atomic E-state index is 14.3. The molecule has 0 radical (unpaired) electrons. The Morgan fingerprint density at radius 1 is 1.45 bits per heavy atom. The molecule has 0 fully saturated rings. The van der Waals surface area contributed by atoms with Crippen LogP contribution in [0.15, 0.2) is 21.4 Å². The van der Waals surface area contributed by atoms with Gasteiger partial charge in [-0.05, 0) is 41.4 Å². The van der Waals surface area contributed by atoms with E-state index in [0.29, 0.717) is 28.0 Å². The second-order valence-corrected chi connectivity index (χ2v) is 5.69. The fourth-order valence-electron chi connectivity index (χ4n) is 1.91. The SMILES string of the molecule is CCCc1nc(-c2ccc(Br)c(Cl)c2F)c(C)c(=O)[nH]1. The molecule has 0 aliphatic heterocycles. The number of nitrogens with one attached hydrogen (secondary N) is 1. The van der Waals surface area contributed by atoms with Crippen LogP contribution in [-0.4, -0.2) is 9.97 Å². The third-order valence-corrected chi connectivity index (χ3v) is 4.24. The summed E-state index contributed by atoms with van der Waals surface area (Å²) >= 11 is 9.05. The molecular formula is C14H13BrClFN2O. The predicted octanol–water partition coefficient (Wildman–Crippen LogP) is 4.25. The summed E-state index contributed by atoms with van der Waals surface area (Å²) in [5.74, 6) is -0.0266.